The van der Waals surface area contributed by atoms with Crippen LogP contribution in [0.5, 0.6) is 5.75 Å². The molecule has 0 fully saturated rings. The molecule has 0 spiro atoms. The van der Waals surface area contributed by atoms with Crippen LogP contribution >= 0.6 is 23.2 Å². The van der Waals surface area contributed by atoms with Crippen LogP contribution in [0.15, 0.2) is 42.5 Å². The first-order valence-corrected chi connectivity index (χ1v) is 7.16. The smallest absolute Gasteiger partial charge is 0.253 e. The second-order valence-corrected chi connectivity index (χ2v) is 5.44. The Bertz CT molecular complexity index is 641. The van der Waals surface area contributed by atoms with Gasteiger partial charge in [0.2, 0.25) is 0 Å². The molecule has 0 saturated heterocycles. The Labute approximate surface area is 133 Å². The van der Waals surface area contributed by atoms with E-state index in [-0.39, 0.29) is 11.9 Å². The summed E-state index contributed by atoms with van der Waals surface area (Å²) in [6.07, 6.45) is 0. The molecule has 0 saturated carbocycles. The summed E-state index contributed by atoms with van der Waals surface area (Å²) in [4.78, 5) is 12.2. The highest BCUT2D eigenvalue weighted by molar-refractivity contribution is 6.36. The van der Waals surface area contributed by atoms with Gasteiger partial charge in [-0.05, 0) is 42.8 Å². The van der Waals surface area contributed by atoms with Gasteiger partial charge in [0.15, 0.2) is 0 Å². The minimum absolute atomic E-state index is 0.143. The lowest BCUT2D eigenvalue weighted by Crippen LogP contribution is -2.26. The van der Waals surface area contributed by atoms with E-state index in [1.807, 2.05) is 31.2 Å². The number of carbonyl (C=O) groups excluding carboxylic acids is 1. The van der Waals surface area contributed by atoms with Crippen molar-refractivity contribution in [1.29, 1.82) is 0 Å². The number of halogens is 2. The van der Waals surface area contributed by atoms with Crippen molar-refractivity contribution in [3.8, 4) is 5.75 Å². The number of nitrogens with one attached hydrogen (secondary N) is 1. The monoisotopic (exact) mass is 323 g/mol. The Balaban J connectivity index is 2.10. The van der Waals surface area contributed by atoms with Gasteiger partial charge >= 0.3 is 0 Å². The van der Waals surface area contributed by atoms with Gasteiger partial charge in [0.25, 0.3) is 5.91 Å². The van der Waals surface area contributed by atoms with E-state index in [0.29, 0.717) is 15.6 Å². The number of ether oxygens (including phenoxy) is 1. The molecular weight excluding hydrogens is 309 g/mol. The molecule has 1 N–H and O–H groups in total. The molecule has 0 aromatic heterocycles. The summed E-state index contributed by atoms with van der Waals surface area (Å²) in [5.74, 6) is 0.540. The van der Waals surface area contributed by atoms with Crippen molar-refractivity contribution in [2.75, 3.05) is 7.11 Å². The van der Waals surface area contributed by atoms with Gasteiger partial charge in [0.05, 0.1) is 23.7 Å². The van der Waals surface area contributed by atoms with Gasteiger partial charge in [0.1, 0.15) is 5.75 Å². The summed E-state index contributed by atoms with van der Waals surface area (Å²) in [7, 11) is 1.61. The Morgan fingerprint density at radius 1 is 1.14 bits per heavy atom. The number of hydrogen-bond donors (Lipinski definition) is 1. The summed E-state index contributed by atoms with van der Waals surface area (Å²) in [6.45, 7) is 1.91. The molecule has 0 unspecified atom stereocenters. The summed E-state index contributed by atoms with van der Waals surface area (Å²) in [5, 5.41) is 3.74. The highest BCUT2D eigenvalue weighted by Crippen LogP contribution is 2.22. The van der Waals surface area contributed by atoms with Gasteiger partial charge in [-0.3, -0.25) is 4.79 Å². The summed E-state index contributed by atoms with van der Waals surface area (Å²) < 4.78 is 5.11. The third-order valence-electron chi connectivity index (χ3n) is 3.14. The first-order chi connectivity index (χ1) is 10.0. The zero-order valence-electron chi connectivity index (χ0n) is 11.7. The van der Waals surface area contributed by atoms with Gasteiger partial charge < -0.3 is 10.1 Å². The van der Waals surface area contributed by atoms with E-state index >= 15 is 0 Å². The van der Waals surface area contributed by atoms with E-state index in [2.05, 4.69) is 5.32 Å². The van der Waals surface area contributed by atoms with Crippen LogP contribution in [0.4, 0.5) is 0 Å². The maximum absolute atomic E-state index is 12.2. The van der Waals surface area contributed by atoms with Crippen LogP contribution in [-0.4, -0.2) is 13.0 Å². The molecule has 0 aliphatic rings. The van der Waals surface area contributed by atoms with Crippen molar-refractivity contribution in [3.63, 3.8) is 0 Å². The van der Waals surface area contributed by atoms with E-state index in [4.69, 9.17) is 27.9 Å². The van der Waals surface area contributed by atoms with E-state index in [1.54, 1.807) is 25.3 Å². The third-order valence-corrected chi connectivity index (χ3v) is 3.69. The Hall–Kier alpha value is -1.71. The van der Waals surface area contributed by atoms with Crippen LogP contribution in [0.2, 0.25) is 10.0 Å². The average molecular weight is 324 g/mol. The Kier molecular flexibility index (Phi) is 5.10. The number of benzene rings is 2. The van der Waals surface area contributed by atoms with Crippen molar-refractivity contribution in [1.82, 2.24) is 5.32 Å². The minimum Gasteiger partial charge on any atom is -0.497 e. The number of carbonyl (C=O) groups is 1. The molecule has 1 atom stereocenters. The lowest BCUT2D eigenvalue weighted by atomic mass is 10.1. The van der Waals surface area contributed by atoms with E-state index in [9.17, 15) is 4.79 Å². The lowest BCUT2D eigenvalue weighted by molar-refractivity contribution is 0.0940. The van der Waals surface area contributed by atoms with Crippen LogP contribution in [0.3, 0.4) is 0 Å². The first kappa shape index (κ1) is 15.7. The zero-order chi connectivity index (χ0) is 15.4. The standard InChI is InChI=1S/C16H15Cl2NO2/c1-10(11-3-6-13(21-2)7-4-11)19-16(20)14-8-5-12(17)9-15(14)18/h3-10H,1-2H3,(H,19,20)/t10-/m0/s1. The zero-order valence-corrected chi connectivity index (χ0v) is 13.2. The van der Waals surface area contributed by atoms with Crippen molar-refractivity contribution < 1.29 is 9.53 Å². The fourth-order valence-corrected chi connectivity index (χ4v) is 2.42. The highest BCUT2D eigenvalue weighted by Gasteiger charge is 2.14. The normalized spacial score (nSPS) is 11.8. The van der Waals surface area contributed by atoms with Crippen LogP contribution in [0.25, 0.3) is 0 Å². The molecule has 110 valence electrons. The largest absolute Gasteiger partial charge is 0.497 e. The maximum Gasteiger partial charge on any atom is 0.253 e. The van der Waals surface area contributed by atoms with Crippen molar-refractivity contribution in [2.24, 2.45) is 0 Å². The molecular formula is C16H15Cl2NO2. The molecule has 0 radical (unpaired) electrons. The van der Waals surface area contributed by atoms with E-state index in [1.165, 1.54) is 0 Å². The quantitative estimate of drug-likeness (QED) is 0.900. The fourth-order valence-electron chi connectivity index (χ4n) is 1.92. The van der Waals surface area contributed by atoms with E-state index in [0.717, 1.165) is 11.3 Å². The van der Waals surface area contributed by atoms with Crippen molar-refractivity contribution in [3.05, 3.63) is 63.6 Å². The molecule has 2 aromatic rings. The van der Waals surface area contributed by atoms with Crippen LogP contribution in [0.1, 0.15) is 28.9 Å². The molecule has 21 heavy (non-hydrogen) atoms. The molecule has 0 aliphatic carbocycles. The summed E-state index contributed by atoms with van der Waals surface area (Å²) in [6, 6.07) is 12.2. The molecule has 2 aromatic carbocycles. The second kappa shape index (κ2) is 6.83. The minimum atomic E-state index is -0.236. The predicted molar refractivity (Wildman–Crippen MR) is 85.3 cm³/mol. The summed E-state index contributed by atoms with van der Waals surface area (Å²) >= 11 is 11.9. The summed E-state index contributed by atoms with van der Waals surface area (Å²) in [5.41, 5.74) is 1.38. The number of methoxy groups -OCH3 is 1. The molecule has 3 nitrogen and oxygen atoms in total. The van der Waals surface area contributed by atoms with Crippen molar-refractivity contribution in [2.45, 2.75) is 13.0 Å². The molecule has 0 bridgehead atoms. The highest BCUT2D eigenvalue weighted by atomic mass is 35.5. The molecule has 0 aliphatic heterocycles. The van der Waals surface area contributed by atoms with Gasteiger partial charge in [-0.1, -0.05) is 35.3 Å². The maximum atomic E-state index is 12.2. The SMILES string of the molecule is COc1ccc([C@H](C)NC(=O)c2ccc(Cl)cc2Cl)cc1. The second-order valence-electron chi connectivity index (χ2n) is 4.59. The topological polar surface area (TPSA) is 38.3 Å². The fraction of sp³-hybridized carbons (Fsp3) is 0.188. The number of amides is 1. The molecule has 1 amide bonds. The lowest BCUT2D eigenvalue weighted by Gasteiger charge is -2.15. The number of hydrogen-bond acceptors (Lipinski definition) is 2. The van der Waals surface area contributed by atoms with Gasteiger partial charge in [-0.25, -0.2) is 0 Å². The average Bonchev–Trinajstić information content (AvgIpc) is 2.47. The Morgan fingerprint density at radius 2 is 1.81 bits per heavy atom. The number of rotatable bonds is 4. The van der Waals surface area contributed by atoms with Crippen LogP contribution in [0, 0.1) is 0 Å². The molecule has 0 heterocycles. The first-order valence-electron chi connectivity index (χ1n) is 6.41. The van der Waals surface area contributed by atoms with Crippen LogP contribution < -0.4 is 10.1 Å². The molecule has 5 heteroatoms. The van der Waals surface area contributed by atoms with Crippen molar-refractivity contribution >= 4 is 29.1 Å². The predicted octanol–water partition coefficient (Wildman–Crippen LogP) is 4.49. The van der Waals surface area contributed by atoms with E-state index < -0.39 is 0 Å². The Morgan fingerprint density at radius 3 is 2.38 bits per heavy atom. The van der Waals surface area contributed by atoms with Crippen LogP contribution in [-0.2, 0) is 0 Å². The van der Waals surface area contributed by atoms with Gasteiger partial charge in [-0.15, -0.1) is 0 Å². The third kappa shape index (κ3) is 3.90. The van der Waals surface area contributed by atoms with Gasteiger partial charge in [0, 0.05) is 5.02 Å². The van der Waals surface area contributed by atoms with Gasteiger partial charge in [-0.2, -0.15) is 0 Å². The molecule has 2 rings (SSSR count).